The van der Waals surface area contributed by atoms with E-state index in [1.807, 2.05) is 0 Å². The maximum atomic E-state index is 15.2. The Labute approximate surface area is 215 Å². The van der Waals surface area contributed by atoms with Crippen molar-refractivity contribution in [2.45, 2.75) is 18.4 Å². The zero-order valence-corrected chi connectivity index (χ0v) is 21.4. The Kier molecular flexibility index (Phi) is 7.55. The van der Waals surface area contributed by atoms with E-state index in [1.54, 1.807) is 25.1 Å². The van der Waals surface area contributed by atoms with Crippen LogP contribution in [-0.2, 0) is 16.6 Å². The van der Waals surface area contributed by atoms with Crippen LogP contribution in [0.25, 0.3) is 0 Å². The summed E-state index contributed by atoms with van der Waals surface area (Å²) in [6.07, 6.45) is 1.14. The molecule has 0 saturated carbocycles. The van der Waals surface area contributed by atoms with E-state index in [0.29, 0.717) is 34.8 Å². The molecule has 0 amide bonds. The summed E-state index contributed by atoms with van der Waals surface area (Å²) in [6, 6.07) is 9.48. The number of anilines is 1. The number of rotatable bonds is 9. The zero-order chi connectivity index (χ0) is 26.7. The molecule has 0 spiro atoms. The van der Waals surface area contributed by atoms with Crippen LogP contribution in [0.4, 0.5) is 18.3 Å². The topological polar surface area (TPSA) is 90.9 Å². The lowest BCUT2D eigenvalue weighted by molar-refractivity contribution is 0.391. The number of aromatic nitrogens is 2. The van der Waals surface area contributed by atoms with Gasteiger partial charge in [0.15, 0.2) is 11.6 Å². The highest BCUT2D eigenvalue weighted by Gasteiger charge is 2.32. The molecule has 1 heterocycles. The van der Waals surface area contributed by atoms with Crippen LogP contribution < -0.4 is 18.5 Å². The summed E-state index contributed by atoms with van der Waals surface area (Å²) in [6.45, 7) is 1.27. The SMILES string of the molecule is COc1ccc(CN(c2ncns2)S(=O)(=O)c2cc(F)c(Oc3cc(C)cc(F)c3)cc2F)c(OC)c1. The summed E-state index contributed by atoms with van der Waals surface area (Å²) in [5.74, 6) is -2.97. The fourth-order valence-corrected chi connectivity index (χ4v) is 5.65. The van der Waals surface area contributed by atoms with Crippen LogP contribution in [0.2, 0.25) is 0 Å². The normalized spacial score (nSPS) is 11.3. The third-order valence-corrected chi connectivity index (χ3v) is 7.72. The molecule has 4 rings (SSSR count). The Morgan fingerprint density at radius 1 is 0.919 bits per heavy atom. The van der Waals surface area contributed by atoms with Gasteiger partial charge in [0.05, 0.1) is 20.8 Å². The van der Waals surface area contributed by atoms with Crippen LogP contribution in [0.5, 0.6) is 23.0 Å². The number of methoxy groups -OCH3 is 2. The van der Waals surface area contributed by atoms with Crippen molar-refractivity contribution in [3.05, 3.63) is 83.4 Å². The Balaban J connectivity index is 1.73. The van der Waals surface area contributed by atoms with Gasteiger partial charge < -0.3 is 14.2 Å². The fraction of sp³-hybridized carbons (Fsp3) is 0.167. The first-order chi connectivity index (χ1) is 17.6. The minimum atomic E-state index is -4.70. The van der Waals surface area contributed by atoms with Crippen LogP contribution in [0.15, 0.2) is 59.8 Å². The monoisotopic (exact) mass is 551 g/mol. The summed E-state index contributed by atoms with van der Waals surface area (Å²) < 4.78 is 91.4. The number of hydrogen-bond donors (Lipinski definition) is 0. The predicted molar refractivity (Wildman–Crippen MR) is 130 cm³/mol. The first kappa shape index (κ1) is 26.2. The third-order valence-electron chi connectivity index (χ3n) is 5.17. The van der Waals surface area contributed by atoms with Crippen molar-refractivity contribution in [1.82, 2.24) is 9.36 Å². The fourth-order valence-electron chi connectivity index (χ4n) is 3.46. The Morgan fingerprint density at radius 2 is 1.70 bits per heavy atom. The molecule has 0 atom stereocenters. The standard InChI is InChI=1S/C24H20F3N3O5S2/c1-14-6-16(25)8-18(7-14)35-22-10-20(27)23(11-19(22)26)37(31,32)30(24-28-13-29-36-24)12-15-4-5-17(33-2)9-21(15)34-3/h4-11,13H,12H2,1-3H3. The smallest absolute Gasteiger partial charge is 0.269 e. The number of aryl methyl sites for hydroxylation is 1. The average Bonchev–Trinajstić information content (AvgIpc) is 3.38. The second-order valence-electron chi connectivity index (χ2n) is 7.69. The molecule has 0 unspecified atom stereocenters. The molecule has 8 nitrogen and oxygen atoms in total. The maximum Gasteiger partial charge on any atom is 0.269 e. The lowest BCUT2D eigenvalue weighted by atomic mass is 10.2. The van der Waals surface area contributed by atoms with Gasteiger partial charge in [0, 0.05) is 41.4 Å². The van der Waals surface area contributed by atoms with Gasteiger partial charge in [-0.25, -0.2) is 30.9 Å². The minimum absolute atomic E-state index is 0.0755. The number of sulfonamides is 1. The highest BCUT2D eigenvalue weighted by Crippen LogP contribution is 2.35. The maximum absolute atomic E-state index is 15.2. The molecular weight excluding hydrogens is 531 g/mol. The van der Waals surface area contributed by atoms with E-state index >= 15 is 4.39 Å². The number of halogens is 3. The summed E-state index contributed by atoms with van der Waals surface area (Å²) >= 11 is 0.754. The van der Waals surface area contributed by atoms with E-state index < -0.39 is 38.1 Å². The van der Waals surface area contributed by atoms with Crippen LogP contribution in [0.1, 0.15) is 11.1 Å². The molecule has 37 heavy (non-hydrogen) atoms. The number of hydrogen-bond acceptors (Lipinski definition) is 8. The molecule has 0 fully saturated rings. The predicted octanol–water partition coefficient (Wildman–Crippen LogP) is 5.47. The average molecular weight is 552 g/mol. The Bertz CT molecular complexity index is 1510. The molecule has 0 bridgehead atoms. The molecule has 0 aliphatic carbocycles. The van der Waals surface area contributed by atoms with Gasteiger partial charge in [0.1, 0.15) is 40.1 Å². The summed E-state index contributed by atoms with van der Waals surface area (Å²) in [7, 11) is -1.83. The second kappa shape index (κ2) is 10.6. The lowest BCUT2D eigenvalue weighted by Crippen LogP contribution is -2.31. The van der Waals surface area contributed by atoms with E-state index in [1.165, 1.54) is 26.4 Å². The molecule has 1 aromatic heterocycles. The van der Waals surface area contributed by atoms with Gasteiger partial charge in [-0.15, -0.1) is 0 Å². The molecule has 0 saturated heterocycles. The van der Waals surface area contributed by atoms with E-state index in [0.717, 1.165) is 28.2 Å². The molecule has 0 aliphatic rings. The van der Waals surface area contributed by atoms with Gasteiger partial charge in [-0.3, -0.25) is 0 Å². The summed E-state index contributed by atoms with van der Waals surface area (Å²) in [4.78, 5) is 3.00. The zero-order valence-electron chi connectivity index (χ0n) is 19.7. The van der Waals surface area contributed by atoms with Gasteiger partial charge in [-0.05, 0) is 36.8 Å². The third kappa shape index (κ3) is 5.62. The lowest BCUT2D eigenvalue weighted by Gasteiger charge is -2.23. The molecule has 194 valence electrons. The molecule has 4 aromatic rings. The molecule has 0 aliphatic heterocycles. The van der Waals surface area contributed by atoms with Crippen molar-refractivity contribution in [3.63, 3.8) is 0 Å². The van der Waals surface area contributed by atoms with Crippen molar-refractivity contribution < 1.29 is 35.8 Å². The van der Waals surface area contributed by atoms with Crippen LogP contribution in [0, 0.1) is 24.4 Å². The van der Waals surface area contributed by atoms with Crippen LogP contribution in [-0.4, -0.2) is 32.0 Å². The van der Waals surface area contributed by atoms with Gasteiger partial charge in [0.25, 0.3) is 10.0 Å². The molecule has 3 aromatic carbocycles. The minimum Gasteiger partial charge on any atom is -0.497 e. The first-order valence-electron chi connectivity index (χ1n) is 10.6. The summed E-state index contributed by atoms with van der Waals surface area (Å²) in [5, 5.41) is -0.0757. The van der Waals surface area contributed by atoms with Crippen molar-refractivity contribution in [3.8, 4) is 23.0 Å². The van der Waals surface area contributed by atoms with Crippen molar-refractivity contribution >= 4 is 26.7 Å². The van der Waals surface area contributed by atoms with E-state index in [-0.39, 0.29) is 17.4 Å². The number of ether oxygens (including phenoxy) is 3. The largest absolute Gasteiger partial charge is 0.497 e. The van der Waals surface area contributed by atoms with Gasteiger partial charge in [0.2, 0.25) is 5.13 Å². The van der Waals surface area contributed by atoms with Crippen molar-refractivity contribution in [2.24, 2.45) is 0 Å². The highest BCUT2D eigenvalue weighted by atomic mass is 32.2. The van der Waals surface area contributed by atoms with Crippen molar-refractivity contribution in [1.29, 1.82) is 0 Å². The Hall–Kier alpha value is -3.84. The number of nitrogens with zero attached hydrogens (tertiary/aromatic N) is 3. The van der Waals surface area contributed by atoms with E-state index in [2.05, 4.69) is 9.36 Å². The Morgan fingerprint density at radius 3 is 2.35 bits per heavy atom. The van der Waals surface area contributed by atoms with Crippen molar-refractivity contribution in [2.75, 3.05) is 18.5 Å². The summed E-state index contributed by atoms with van der Waals surface area (Å²) in [5.41, 5.74) is 0.904. The van der Waals surface area contributed by atoms with E-state index in [9.17, 15) is 17.2 Å². The van der Waals surface area contributed by atoms with Gasteiger partial charge in [-0.1, -0.05) is 0 Å². The van der Waals surface area contributed by atoms with Gasteiger partial charge in [-0.2, -0.15) is 4.37 Å². The van der Waals surface area contributed by atoms with Crippen LogP contribution in [0.3, 0.4) is 0 Å². The quantitative estimate of drug-likeness (QED) is 0.273. The highest BCUT2D eigenvalue weighted by molar-refractivity contribution is 7.93. The molecule has 0 N–H and O–H groups in total. The molecule has 0 radical (unpaired) electrons. The number of benzene rings is 3. The van der Waals surface area contributed by atoms with Gasteiger partial charge >= 0.3 is 0 Å². The van der Waals surface area contributed by atoms with Crippen LogP contribution >= 0.6 is 11.5 Å². The van der Waals surface area contributed by atoms with E-state index in [4.69, 9.17) is 14.2 Å². The molecular formula is C24H20F3N3O5S2. The second-order valence-corrected chi connectivity index (χ2v) is 10.3. The molecule has 13 heteroatoms. The first-order valence-corrected chi connectivity index (χ1v) is 12.8.